The van der Waals surface area contributed by atoms with Crippen LogP contribution in [0.5, 0.6) is 5.75 Å². The third-order valence-corrected chi connectivity index (χ3v) is 8.32. The van der Waals surface area contributed by atoms with E-state index in [0.29, 0.717) is 0 Å². The topological polar surface area (TPSA) is 9.23 Å². The first-order valence-electron chi connectivity index (χ1n) is 15.8. The number of benzene rings is 4. The second-order valence-corrected chi connectivity index (χ2v) is 11.8. The molecule has 4 aromatic rings. The van der Waals surface area contributed by atoms with Gasteiger partial charge in [-0.1, -0.05) is 143 Å². The summed E-state index contributed by atoms with van der Waals surface area (Å²) >= 11 is 6.79. The van der Waals surface area contributed by atoms with Crippen LogP contribution in [0.3, 0.4) is 0 Å². The quantitative estimate of drug-likeness (QED) is 0.122. The molecule has 2 heteroatoms. The third-order valence-electron chi connectivity index (χ3n) is 8.01. The zero-order chi connectivity index (χ0) is 28.9. The fourth-order valence-electron chi connectivity index (χ4n) is 5.44. The van der Waals surface area contributed by atoms with Gasteiger partial charge in [0.25, 0.3) is 0 Å². The van der Waals surface area contributed by atoms with Crippen LogP contribution in [0.15, 0.2) is 91.0 Å². The lowest BCUT2D eigenvalue weighted by Gasteiger charge is -2.15. The van der Waals surface area contributed by atoms with E-state index in [9.17, 15) is 0 Å². The monoisotopic (exact) mass is 566 g/mol. The molecular weight excluding hydrogens is 520 g/mol. The van der Waals surface area contributed by atoms with Crippen molar-refractivity contribution in [2.24, 2.45) is 0 Å². The van der Waals surface area contributed by atoms with E-state index in [4.69, 9.17) is 16.3 Å². The van der Waals surface area contributed by atoms with Crippen molar-refractivity contribution in [1.29, 1.82) is 0 Å². The standard InChI is InChI=1S/C39H47ClO/c1-4-6-8-9-10-12-14-31-15-17-32(18-16-31)33-19-21-34(22-20-33)36-25-28-38(39(40)29-36)35-23-26-37(27-24-35)41-30(3)13-11-7-5-2/h15-30H,4-14H2,1-3H3. The molecule has 4 aromatic carbocycles. The zero-order valence-electron chi connectivity index (χ0n) is 25.3. The van der Waals surface area contributed by atoms with Crippen LogP contribution in [-0.4, -0.2) is 6.10 Å². The molecule has 0 aromatic heterocycles. The molecule has 4 rings (SSSR count). The van der Waals surface area contributed by atoms with Crippen LogP contribution in [0, 0.1) is 0 Å². The molecule has 0 spiro atoms. The first-order chi connectivity index (χ1) is 20.1. The van der Waals surface area contributed by atoms with Gasteiger partial charge in [-0.15, -0.1) is 0 Å². The molecule has 0 fully saturated rings. The van der Waals surface area contributed by atoms with Gasteiger partial charge in [0.1, 0.15) is 5.75 Å². The first kappa shape index (κ1) is 30.9. The Morgan fingerprint density at radius 2 is 1.07 bits per heavy atom. The van der Waals surface area contributed by atoms with Crippen LogP contribution in [0.25, 0.3) is 33.4 Å². The molecule has 0 N–H and O–H groups in total. The van der Waals surface area contributed by atoms with Crippen LogP contribution in [0.4, 0.5) is 0 Å². The van der Waals surface area contributed by atoms with E-state index in [1.165, 1.54) is 86.5 Å². The summed E-state index contributed by atoms with van der Waals surface area (Å²) in [4.78, 5) is 0. The minimum atomic E-state index is 0.232. The van der Waals surface area contributed by atoms with Gasteiger partial charge >= 0.3 is 0 Å². The molecular formula is C39H47ClO. The van der Waals surface area contributed by atoms with Gasteiger partial charge in [-0.05, 0) is 84.2 Å². The summed E-state index contributed by atoms with van der Waals surface area (Å²) in [6.07, 6.45) is 14.3. The Bertz CT molecular complexity index is 1310. The Labute approximate surface area is 253 Å². The summed E-state index contributed by atoms with van der Waals surface area (Å²) < 4.78 is 6.10. The molecule has 0 saturated heterocycles. The van der Waals surface area contributed by atoms with Crippen LogP contribution in [0.1, 0.15) is 90.5 Å². The highest BCUT2D eigenvalue weighted by Crippen LogP contribution is 2.34. The van der Waals surface area contributed by atoms with Gasteiger partial charge in [0.2, 0.25) is 0 Å². The molecule has 0 amide bonds. The van der Waals surface area contributed by atoms with Gasteiger partial charge in [0, 0.05) is 10.6 Å². The molecule has 1 atom stereocenters. The van der Waals surface area contributed by atoms with Crippen LogP contribution in [0.2, 0.25) is 5.02 Å². The molecule has 41 heavy (non-hydrogen) atoms. The second-order valence-electron chi connectivity index (χ2n) is 11.4. The van der Waals surface area contributed by atoms with Crippen molar-refractivity contribution < 1.29 is 4.74 Å². The van der Waals surface area contributed by atoms with Crippen molar-refractivity contribution in [3.8, 4) is 39.1 Å². The van der Waals surface area contributed by atoms with Crippen LogP contribution < -0.4 is 4.74 Å². The van der Waals surface area contributed by atoms with Gasteiger partial charge < -0.3 is 4.74 Å². The van der Waals surface area contributed by atoms with E-state index in [1.807, 2.05) is 0 Å². The smallest absolute Gasteiger partial charge is 0.119 e. The second kappa shape index (κ2) is 16.4. The minimum Gasteiger partial charge on any atom is -0.491 e. The Balaban J connectivity index is 1.34. The maximum atomic E-state index is 6.79. The molecule has 1 nitrogen and oxygen atoms in total. The predicted molar refractivity (Wildman–Crippen MR) is 179 cm³/mol. The number of rotatable bonds is 16. The molecule has 0 bridgehead atoms. The Morgan fingerprint density at radius 3 is 1.71 bits per heavy atom. The molecule has 1 unspecified atom stereocenters. The maximum Gasteiger partial charge on any atom is 0.119 e. The average molecular weight is 567 g/mol. The van der Waals surface area contributed by atoms with E-state index in [-0.39, 0.29) is 6.10 Å². The Kier molecular flexibility index (Phi) is 12.4. The summed E-state index contributed by atoms with van der Waals surface area (Å²) in [6, 6.07) is 32.6. The van der Waals surface area contributed by atoms with E-state index in [0.717, 1.165) is 33.9 Å². The lowest BCUT2D eigenvalue weighted by atomic mass is 9.97. The number of ether oxygens (including phenoxy) is 1. The number of hydrogen-bond donors (Lipinski definition) is 0. The van der Waals surface area contributed by atoms with Crippen molar-refractivity contribution in [3.05, 3.63) is 102 Å². The van der Waals surface area contributed by atoms with Crippen LogP contribution in [-0.2, 0) is 6.42 Å². The van der Waals surface area contributed by atoms with Gasteiger partial charge in [-0.3, -0.25) is 0 Å². The zero-order valence-corrected chi connectivity index (χ0v) is 26.1. The summed E-state index contributed by atoms with van der Waals surface area (Å²) in [6.45, 7) is 6.66. The van der Waals surface area contributed by atoms with Crippen molar-refractivity contribution in [2.75, 3.05) is 0 Å². The summed E-state index contributed by atoms with van der Waals surface area (Å²) in [7, 11) is 0. The van der Waals surface area contributed by atoms with Gasteiger partial charge in [0.05, 0.1) is 6.10 Å². The normalized spacial score (nSPS) is 11.9. The van der Waals surface area contributed by atoms with E-state index in [2.05, 4.69) is 112 Å². The Morgan fingerprint density at radius 1 is 0.561 bits per heavy atom. The molecule has 0 saturated carbocycles. The fraction of sp³-hybridized carbons (Fsp3) is 0.385. The molecule has 0 aliphatic carbocycles. The highest BCUT2D eigenvalue weighted by Gasteiger charge is 2.09. The van der Waals surface area contributed by atoms with E-state index in [1.54, 1.807) is 0 Å². The molecule has 0 heterocycles. The van der Waals surface area contributed by atoms with Crippen molar-refractivity contribution >= 4 is 11.6 Å². The van der Waals surface area contributed by atoms with E-state index < -0.39 is 0 Å². The molecule has 0 aliphatic heterocycles. The lowest BCUT2D eigenvalue weighted by Crippen LogP contribution is -2.11. The predicted octanol–water partition coefficient (Wildman–Crippen LogP) is 12.6. The number of halogens is 1. The van der Waals surface area contributed by atoms with Crippen LogP contribution >= 0.6 is 11.6 Å². The highest BCUT2D eigenvalue weighted by atomic mass is 35.5. The molecule has 0 radical (unpaired) electrons. The molecule has 0 aliphatic rings. The van der Waals surface area contributed by atoms with Crippen molar-refractivity contribution in [3.63, 3.8) is 0 Å². The van der Waals surface area contributed by atoms with Crippen molar-refractivity contribution in [2.45, 2.75) is 97.5 Å². The number of unbranched alkanes of at least 4 members (excludes halogenated alkanes) is 7. The lowest BCUT2D eigenvalue weighted by molar-refractivity contribution is 0.206. The number of hydrogen-bond acceptors (Lipinski definition) is 1. The largest absolute Gasteiger partial charge is 0.491 e. The molecule has 216 valence electrons. The number of aryl methyl sites for hydroxylation is 1. The Hall–Kier alpha value is -3.03. The average Bonchev–Trinajstić information content (AvgIpc) is 3.00. The minimum absolute atomic E-state index is 0.232. The fourth-order valence-corrected chi connectivity index (χ4v) is 5.73. The van der Waals surface area contributed by atoms with Gasteiger partial charge in [-0.25, -0.2) is 0 Å². The third kappa shape index (κ3) is 9.50. The van der Waals surface area contributed by atoms with Gasteiger partial charge in [-0.2, -0.15) is 0 Å². The summed E-state index contributed by atoms with van der Waals surface area (Å²) in [5.41, 5.74) is 8.38. The first-order valence-corrected chi connectivity index (χ1v) is 16.2. The van der Waals surface area contributed by atoms with Crippen molar-refractivity contribution in [1.82, 2.24) is 0 Å². The summed E-state index contributed by atoms with van der Waals surface area (Å²) in [5.74, 6) is 0.915. The maximum absolute atomic E-state index is 6.79. The highest BCUT2D eigenvalue weighted by molar-refractivity contribution is 6.33. The summed E-state index contributed by atoms with van der Waals surface area (Å²) in [5, 5.41) is 0.758. The SMILES string of the molecule is CCCCCCCCc1ccc(-c2ccc(-c3ccc(-c4ccc(OC(C)CCCCC)cc4)c(Cl)c3)cc2)cc1. The van der Waals surface area contributed by atoms with E-state index >= 15 is 0 Å². The van der Waals surface area contributed by atoms with Gasteiger partial charge in [0.15, 0.2) is 0 Å².